The number of likely N-dealkylation sites (tertiary alicyclic amines) is 1. The van der Waals surface area contributed by atoms with Crippen molar-refractivity contribution in [2.24, 2.45) is 0 Å². The number of sulfonamides is 2. The van der Waals surface area contributed by atoms with E-state index in [0.717, 1.165) is 4.13 Å². The number of hydrogen-bond acceptors (Lipinski definition) is 4. The Kier molecular flexibility index (Phi) is 10.9. The van der Waals surface area contributed by atoms with Gasteiger partial charge in [-0.3, -0.25) is 0 Å². The van der Waals surface area contributed by atoms with Gasteiger partial charge in [-0.1, -0.05) is 26.2 Å². The molecule has 29 heavy (non-hydrogen) atoms. The van der Waals surface area contributed by atoms with Crippen molar-refractivity contribution in [3.8, 4) is 0 Å². The summed E-state index contributed by atoms with van der Waals surface area (Å²) in [6, 6.07) is 0. The molecule has 14 heteroatoms. The molecule has 0 aliphatic carbocycles. The second-order valence-electron chi connectivity index (χ2n) is 7.18. The largest absolute Gasteiger partial charge is 0.480 e. The first-order valence-corrected chi connectivity index (χ1v) is 12.1. The van der Waals surface area contributed by atoms with Gasteiger partial charge in [-0.05, 0) is 32.1 Å². The fourth-order valence-electron chi connectivity index (χ4n) is 2.81. The Hall–Kier alpha value is -0.600. The van der Waals surface area contributed by atoms with Crippen LogP contribution < -0.4 is 0 Å². The highest BCUT2D eigenvalue weighted by Gasteiger charge is 2.46. The van der Waals surface area contributed by atoms with Crippen molar-refractivity contribution in [3.05, 3.63) is 4.13 Å². The van der Waals surface area contributed by atoms with Gasteiger partial charge in [0.05, 0.1) is 26.7 Å². The summed E-state index contributed by atoms with van der Waals surface area (Å²) in [6.07, 6.45) is 11.6. The number of alkyl halides is 6. The molecule has 0 N–H and O–H groups in total. The number of nitrogens with zero attached hydrogens (tertiary/aromatic N) is 2. The summed E-state index contributed by atoms with van der Waals surface area (Å²) in [5, 5.41) is 0. The molecule has 0 unspecified atom stereocenters. The van der Waals surface area contributed by atoms with Gasteiger partial charge in [0.25, 0.3) is 0 Å². The molecule has 1 aliphatic heterocycles. The minimum absolute atomic E-state index is 0.778. The van der Waals surface area contributed by atoms with Crippen LogP contribution in [-0.2, 0) is 20.0 Å². The third-order valence-electron chi connectivity index (χ3n) is 4.48. The molecule has 1 rings (SSSR count). The topological polar surface area (TPSA) is 82.4 Å². The summed E-state index contributed by atoms with van der Waals surface area (Å²) in [7, 11) is -11.0. The third kappa shape index (κ3) is 10.3. The lowest BCUT2D eigenvalue weighted by atomic mass is 10.1. The zero-order valence-corrected chi connectivity index (χ0v) is 18.0. The summed E-state index contributed by atoms with van der Waals surface area (Å²) in [5.74, 6) is 0. The summed E-state index contributed by atoms with van der Waals surface area (Å²) >= 11 is 0. The number of rotatable bonds is 8. The standard InChI is InChI=1S/C13H28N.C2F6NO4S2/c1-3-4-5-6-8-11-14(2)12-9-7-10-13-14;3-1(4,5)14(10,11)9-15(12,13)2(6,7)8/h3-13H2,1-2H3;/q+1;-1. The van der Waals surface area contributed by atoms with Crippen LogP contribution in [-0.4, -0.2) is 59.0 Å². The number of hydrogen-bond donors (Lipinski definition) is 0. The quantitative estimate of drug-likeness (QED) is 0.289. The van der Waals surface area contributed by atoms with Gasteiger partial charge >= 0.3 is 11.0 Å². The molecule has 176 valence electrons. The molecule has 0 aromatic carbocycles. The molecule has 0 amide bonds. The monoisotopic (exact) mass is 478 g/mol. The zero-order chi connectivity index (χ0) is 23.0. The van der Waals surface area contributed by atoms with Crippen LogP contribution in [0.15, 0.2) is 0 Å². The highest BCUT2D eigenvalue weighted by molar-refractivity contribution is 8.13. The zero-order valence-electron chi connectivity index (χ0n) is 16.4. The molecule has 6 nitrogen and oxygen atoms in total. The number of unbranched alkanes of at least 4 members (excludes halogenated alkanes) is 4. The average Bonchev–Trinajstić information content (AvgIpc) is 2.53. The molecule has 1 fully saturated rings. The van der Waals surface area contributed by atoms with E-state index in [2.05, 4.69) is 14.0 Å². The molecule has 0 aromatic heterocycles. The predicted molar refractivity (Wildman–Crippen MR) is 96.7 cm³/mol. The van der Waals surface area contributed by atoms with E-state index in [4.69, 9.17) is 0 Å². The minimum Gasteiger partial charge on any atom is -0.421 e. The van der Waals surface area contributed by atoms with E-state index >= 15 is 0 Å². The number of piperidine rings is 1. The van der Waals surface area contributed by atoms with Gasteiger partial charge in [0.15, 0.2) is 20.0 Å². The first kappa shape index (κ1) is 28.4. The maximum absolute atomic E-state index is 11.4. The van der Waals surface area contributed by atoms with Crippen molar-refractivity contribution >= 4 is 20.0 Å². The van der Waals surface area contributed by atoms with E-state index in [-0.39, 0.29) is 0 Å². The smallest absolute Gasteiger partial charge is 0.421 e. The van der Waals surface area contributed by atoms with Gasteiger partial charge in [0, 0.05) is 0 Å². The maximum atomic E-state index is 11.4. The molecule has 0 radical (unpaired) electrons. The van der Waals surface area contributed by atoms with E-state index in [1.807, 2.05) is 0 Å². The van der Waals surface area contributed by atoms with Crippen molar-refractivity contribution in [2.75, 3.05) is 26.7 Å². The second kappa shape index (κ2) is 11.1. The Morgan fingerprint density at radius 3 is 1.55 bits per heavy atom. The summed E-state index contributed by atoms with van der Waals surface area (Å²) in [4.78, 5) is 0. The van der Waals surface area contributed by atoms with Crippen molar-refractivity contribution < 1.29 is 47.7 Å². The Morgan fingerprint density at radius 2 is 1.17 bits per heavy atom. The lowest BCUT2D eigenvalue weighted by Gasteiger charge is -2.37. The number of quaternary nitrogens is 1. The summed E-state index contributed by atoms with van der Waals surface area (Å²) < 4.78 is 111. The van der Waals surface area contributed by atoms with Crippen LogP contribution in [0.3, 0.4) is 0 Å². The Bertz CT molecular complexity index is 643. The van der Waals surface area contributed by atoms with Gasteiger partial charge in [0.2, 0.25) is 0 Å². The van der Waals surface area contributed by atoms with Crippen LogP contribution >= 0.6 is 0 Å². The van der Waals surface area contributed by atoms with E-state index in [1.54, 1.807) is 0 Å². The van der Waals surface area contributed by atoms with Gasteiger partial charge in [-0.25, -0.2) is 16.8 Å². The van der Waals surface area contributed by atoms with Crippen molar-refractivity contribution in [1.29, 1.82) is 0 Å². The lowest BCUT2D eigenvalue weighted by Crippen LogP contribution is -2.48. The van der Waals surface area contributed by atoms with E-state index < -0.39 is 31.1 Å². The van der Waals surface area contributed by atoms with Crippen LogP contribution in [0.1, 0.15) is 58.3 Å². The molecule has 0 saturated carbocycles. The van der Waals surface area contributed by atoms with Crippen LogP contribution in [0.2, 0.25) is 0 Å². The van der Waals surface area contributed by atoms with Gasteiger partial charge in [0.1, 0.15) is 0 Å². The molecule has 1 heterocycles. The fourth-order valence-corrected chi connectivity index (χ4v) is 4.52. The van der Waals surface area contributed by atoms with Crippen LogP contribution in [0, 0.1) is 0 Å². The molecule has 0 atom stereocenters. The molecule has 0 spiro atoms. The summed E-state index contributed by atoms with van der Waals surface area (Å²) in [5.41, 5.74) is -12.4. The Labute approximate surface area is 168 Å². The highest BCUT2D eigenvalue weighted by Crippen LogP contribution is 2.36. The summed E-state index contributed by atoms with van der Waals surface area (Å²) in [6.45, 7) is 6.60. The molecular formula is C15H28F6N2O4S2. The Balaban J connectivity index is 0.000000541. The van der Waals surface area contributed by atoms with Crippen LogP contribution in [0.5, 0.6) is 0 Å². The lowest BCUT2D eigenvalue weighted by molar-refractivity contribution is -0.914. The van der Waals surface area contributed by atoms with Gasteiger partial charge < -0.3 is 8.61 Å². The molecule has 0 bridgehead atoms. The Morgan fingerprint density at radius 1 is 0.759 bits per heavy atom. The van der Waals surface area contributed by atoms with Crippen LogP contribution in [0.4, 0.5) is 26.3 Å². The molecule has 1 aliphatic rings. The first-order valence-electron chi connectivity index (χ1n) is 9.18. The van der Waals surface area contributed by atoms with E-state index in [0.29, 0.717) is 0 Å². The van der Waals surface area contributed by atoms with Crippen molar-refractivity contribution in [1.82, 2.24) is 0 Å². The molecular weight excluding hydrogens is 450 g/mol. The maximum Gasteiger partial charge on any atom is 0.480 e. The first-order chi connectivity index (χ1) is 13.0. The normalized spacial score (nSPS) is 18.1. The SMILES string of the molecule is CCCCCCC[N+]1(C)CCCCC1.O=S(=O)([N-]S(=O)(=O)C(F)(F)F)C(F)(F)F. The van der Waals surface area contributed by atoms with Gasteiger partial charge in [-0.2, -0.15) is 26.3 Å². The molecule has 0 aromatic rings. The van der Waals surface area contributed by atoms with E-state index in [9.17, 15) is 43.2 Å². The third-order valence-corrected chi connectivity index (χ3v) is 7.22. The predicted octanol–water partition coefficient (Wildman–Crippen LogP) is 4.65. The highest BCUT2D eigenvalue weighted by atomic mass is 32.3. The molecule has 1 saturated heterocycles. The average molecular weight is 479 g/mol. The fraction of sp³-hybridized carbons (Fsp3) is 1.00. The van der Waals surface area contributed by atoms with Crippen molar-refractivity contribution in [3.63, 3.8) is 0 Å². The number of halogens is 6. The second-order valence-corrected chi connectivity index (χ2v) is 10.6. The minimum atomic E-state index is -6.72. The van der Waals surface area contributed by atoms with Gasteiger partial charge in [-0.15, -0.1) is 0 Å². The van der Waals surface area contributed by atoms with E-state index in [1.165, 1.54) is 75.5 Å². The van der Waals surface area contributed by atoms with Crippen molar-refractivity contribution in [2.45, 2.75) is 69.3 Å². The van der Waals surface area contributed by atoms with Crippen LogP contribution in [0.25, 0.3) is 4.13 Å².